The van der Waals surface area contributed by atoms with Gasteiger partial charge in [0.1, 0.15) is 17.3 Å². The summed E-state index contributed by atoms with van der Waals surface area (Å²) >= 11 is 0. The first-order valence-electron chi connectivity index (χ1n) is 11.3. The van der Waals surface area contributed by atoms with Crippen LogP contribution < -0.4 is 14.4 Å². The SMILES string of the molecule is COc1ccc(CN2CCC(C(=O)N3CCN(c4ccccc4F)CC3)CC2)c(OC)c1. The molecule has 32 heavy (non-hydrogen) atoms. The highest BCUT2D eigenvalue weighted by molar-refractivity contribution is 5.79. The Morgan fingerprint density at radius 3 is 2.34 bits per heavy atom. The molecule has 2 aromatic rings. The Morgan fingerprint density at radius 1 is 0.969 bits per heavy atom. The number of para-hydroxylation sites is 1. The van der Waals surface area contributed by atoms with Gasteiger partial charge in [0.15, 0.2) is 0 Å². The van der Waals surface area contributed by atoms with Crippen LogP contribution in [0.4, 0.5) is 10.1 Å². The number of halogens is 1. The van der Waals surface area contributed by atoms with E-state index >= 15 is 0 Å². The first kappa shape index (κ1) is 22.4. The highest BCUT2D eigenvalue weighted by Crippen LogP contribution is 2.28. The quantitative estimate of drug-likeness (QED) is 0.688. The first-order valence-corrected chi connectivity index (χ1v) is 11.3. The molecule has 0 aromatic heterocycles. The minimum Gasteiger partial charge on any atom is -0.497 e. The summed E-state index contributed by atoms with van der Waals surface area (Å²) < 4.78 is 24.9. The maximum atomic E-state index is 14.1. The number of ether oxygens (including phenoxy) is 2. The Kier molecular flexibility index (Phi) is 7.15. The Hall–Kier alpha value is -2.80. The van der Waals surface area contributed by atoms with Gasteiger partial charge < -0.3 is 19.3 Å². The van der Waals surface area contributed by atoms with E-state index in [4.69, 9.17) is 9.47 Å². The zero-order valence-corrected chi connectivity index (χ0v) is 18.9. The second-order valence-electron chi connectivity index (χ2n) is 8.49. The van der Waals surface area contributed by atoms with Gasteiger partial charge in [0.05, 0.1) is 19.9 Å². The number of anilines is 1. The molecule has 0 spiro atoms. The maximum absolute atomic E-state index is 14.1. The van der Waals surface area contributed by atoms with Gasteiger partial charge in [-0.2, -0.15) is 0 Å². The predicted molar refractivity (Wildman–Crippen MR) is 123 cm³/mol. The number of amides is 1. The number of hydrogen-bond acceptors (Lipinski definition) is 5. The van der Waals surface area contributed by atoms with Gasteiger partial charge in [0.25, 0.3) is 0 Å². The van der Waals surface area contributed by atoms with E-state index in [0.717, 1.165) is 49.5 Å². The molecule has 0 radical (unpaired) electrons. The third-order valence-electron chi connectivity index (χ3n) is 6.61. The normalized spacial score (nSPS) is 18.0. The monoisotopic (exact) mass is 441 g/mol. The number of nitrogens with zero attached hydrogens (tertiary/aromatic N) is 3. The minimum atomic E-state index is -0.201. The lowest BCUT2D eigenvalue weighted by Gasteiger charge is -2.39. The van der Waals surface area contributed by atoms with E-state index in [2.05, 4.69) is 4.90 Å². The van der Waals surface area contributed by atoms with Gasteiger partial charge in [-0.1, -0.05) is 18.2 Å². The number of methoxy groups -OCH3 is 2. The van der Waals surface area contributed by atoms with Crippen LogP contribution in [0.2, 0.25) is 0 Å². The summed E-state index contributed by atoms with van der Waals surface area (Å²) in [5.74, 6) is 1.73. The van der Waals surface area contributed by atoms with Crippen LogP contribution in [0.5, 0.6) is 11.5 Å². The van der Waals surface area contributed by atoms with Crippen molar-refractivity contribution in [1.29, 1.82) is 0 Å². The van der Waals surface area contributed by atoms with Crippen molar-refractivity contribution >= 4 is 11.6 Å². The van der Waals surface area contributed by atoms with Crippen LogP contribution in [-0.4, -0.2) is 69.2 Å². The molecule has 0 saturated carbocycles. The number of benzene rings is 2. The van der Waals surface area contributed by atoms with Crippen LogP contribution in [0.3, 0.4) is 0 Å². The van der Waals surface area contributed by atoms with E-state index < -0.39 is 0 Å². The fourth-order valence-corrected chi connectivity index (χ4v) is 4.70. The molecule has 2 aliphatic heterocycles. The molecule has 2 aliphatic rings. The van der Waals surface area contributed by atoms with Crippen molar-refractivity contribution in [2.24, 2.45) is 5.92 Å². The molecule has 6 nitrogen and oxygen atoms in total. The molecule has 4 rings (SSSR count). The van der Waals surface area contributed by atoms with Crippen LogP contribution >= 0.6 is 0 Å². The van der Waals surface area contributed by atoms with Crippen LogP contribution in [0.25, 0.3) is 0 Å². The van der Waals surface area contributed by atoms with Crippen molar-refractivity contribution in [2.75, 3.05) is 58.4 Å². The van der Waals surface area contributed by atoms with Gasteiger partial charge >= 0.3 is 0 Å². The highest BCUT2D eigenvalue weighted by Gasteiger charge is 2.31. The maximum Gasteiger partial charge on any atom is 0.225 e. The molecular weight excluding hydrogens is 409 g/mol. The molecule has 2 fully saturated rings. The summed E-state index contributed by atoms with van der Waals surface area (Å²) in [4.78, 5) is 19.5. The van der Waals surface area contributed by atoms with E-state index in [1.54, 1.807) is 26.4 Å². The summed E-state index contributed by atoms with van der Waals surface area (Å²) in [5, 5.41) is 0. The highest BCUT2D eigenvalue weighted by atomic mass is 19.1. The molecule has 2 saturated heterocycles. The van der Waals surface area contributed by atoms with Gasteiger partial charge in [0.2, 0.25) is 5.91 Å². The molecule has 2 aromatic carbocycles. The third-order valence-corrected chi connectivity index (χ3v) is 6.61. The molecule has 0 atom stereocenters. The van der Waals surface area contributed by atoms with Crippen molar-refractivity contribution in [3.8, 4) is 11.5 Å². The van der Waals surface area contributed by atoms with Crippen LogP contribution in [0.1, 0.15) is 18.4 Å². The van der Waals surface area contributed by atoms with E-state index in [0.29, 0.717) is 31.9 Å². The van der Waals surface area contributed by atoms with Crippen LogP contribution in [0, 0.1) is 11.7 Å². The molecule has 7 heteroatoms. The Bertz CT molecular complexity index is 922. The molecule has 0 aliphatic carbocycles. The van der Waals surface area contributed by atoms with Crippen molar-refractivity contribution in [2.45, 2.75) is 19.4 Å². The number of carbonyl (C=O) groups excluding carboxylic acids is 1. The largest absolute Gasteiger partial charge is 0.497 e. The lowest BCUT2D eigenvalue weighted by Crippen LogP contribution is -2.51. The number of likely N-dealkylation sites (tertiary alicyclic amines) is 1. The molecule has 0 N–H and O–H groups in total. The lowest BCUT2D eigenvalue weighted by molar-refractivity contribution is -0.137. The third kappa shape index (κ3) is 4.99. The average Bonchev–Trinajstić information content (AvgIpc) is 2.85. The zero-order chi connectivity index (χ0) is 22.5. The van der Waals surface area contributed by atoms with Crippen molar-refractivity contribution in [3.05, 3.63) is 53.8 Å². The Labute approximate surface area is 189 Å². The van der Waals surface area contributed by atoms with Crippen molar-refractivity contribution < 1.29 is 18.7 Å². The lowest BCUT2D eigenvalue weighted by atomic mass is 9.94. The van der Waals surface area contributed by atoms with Crippen LogP contribution in [-0.2, 0) is 11.3 Å². The summed E-state index contributed by atoms with van der Waals surface area (Å²) in [7, 11) is 3.32. The standard InChI is InChI=1S/C25H32FN3O3/c1-31-21-8-7-20(24(17-21)32-2)18-27-11-9-19(10-12-27)25(30)29-15-13-28(14-16-29)23-6-4-3-5-22(23)26/h3-8,17,19H,9-16,18H2,1-2H3. The molecule has 0 bridgehead atoms. The Morgan fingerprint density at radius 2 is 1.69 bits per heavy atom. The number of carbonyl (C=O) groups is 1. The van der Waals surface area contributed by atoms with E-state index in [-0.39, 0.29) is 17.6 Å². The minimum absolute atomic E-state index is 0.0732. The van der Waals surface area contributed by atoms with Crippen LogP contribution in [0.15, 0.2) is 42.5 Å². The Balaban J connectivity index is 1.27. The molecular formula is C25H32FN3O3. The number of rotatable bonds is 6. The fraction of sp³-hybridized carbons (Fsp3) is 0.480. The summed E-state index contributed by atoms with van der Waals surface area (Å²) in [6, 6.07) is 12.8. The van der Waals surface area contributed by atoms with Gasteiger partial charge in [0, 0.05) is 50.3 Å². The summed E-state index contributed by atoms with van der Waals surface area (Å²) in [5.41, 5.74) is 1.75. The average molecular weight is 442 g/mol. The number of piperidine rings is 1. The topological polar surface area (TPSA) is 45.2 Å². The van der Waals surface area contributed by atoms with Gasteiger partial charge in [-0.25, -0.2) is 4.39 Å². The fourth-order valence-electron chi connectivity index (χ4n) is 4.70. The van der Waals surface area contributed by atoms with Crippen molar-refractivity contribution in [3.63, 3.8) is 0 Å². The number of piperazine rings is 1. The first-order chi connectivity index (χ1) is 15.6. The zero-order valence-electron chi connectivity index (χ0n) is 18.9. The smallest absolute Gasteiger partial charge is 0.225 e. The van der Waals surface area contributed by atoms with Crippen molar-refractivity contribution in [1.82, 2.24) is 9.80 Å². The molecule has 1 amide bonds. The van der Waals surface area contributed by atoms with Gasteiger partial charge in [-0.05, 0) is 44.1 Å². The van der Waals surface area contributed by atoms with E-state index in [9.17, 15) is 9.18 Å². The molecule has 172 valence electrons. The second-order valence-corrected chi connectivity index (χ2v) is 8.49. The number of hydrogen-bond donors (Lipinski definition) is 0. The van der Waals surface area contributed by atoms with E-state index in [1.165, 1.54) is 6.07 Å². The van der Waals surface area contributed by atoms with E-state index in [1.807, 2.05) is 34.1 Å². The predicted octanol–water partition coefficient (Wildman–Crippen LogP) is 3.40. The second kappa shape index (κ2) is 10.2. The molecule has 2 heterocycles. The molecule has 0 unspecified atom stereocenters. The summed E-state index contributed by atoms with van der Waals surface area (Å²) in [6.45, 7) is 5.22. The van der Waals surface area contributed by atoms with Gasteiger partial charge in [-0.3, -0.25) is 9.69 Å². The summed E-state index contributed by atoms with van der Waals surface area (Å²) in [6.07, 6.45) is 1.73. The van der Waals surface area contributed by atoms with Gasteiger partial charge in [-0.15, -0.1) is 0 Å².